The lowest BCUT2D eigenvalue weighted by Gasteiger charge is -2.23. The highest BCUT2D eigenvalue weighted by Gasteiger charge is 2.51. The highest BCUT2D eigenvalue weighted by atomic mass is 79.9. The maximum Gasteiger partial charge on any atom is 0.271 e. The van der Waals surface area contributed by atoms with Crippen molar-refractivity contribution in [1.29, 1.82) is 0 Å². The van der Waals surface area contributed by atoms with Crippen molar-refractivity contribution in [2.45, 2.75) is 31.4 Å². The van der Waals surface area contributed by atoms with Crippen LogP contribution >= 0.6 is 23.2 Å². The summed E-state index contributed by atoms with van der Waals surface area (Å²) in [5, 5.41) is 13.1. The van der Waals surface area contributed by atoms with Crippen LogP contribution in [0.3, 0.4) is 0 Å². The molecule has 1 unspecified atom stereocenters. The number of anilines is 1. The van der Waals surface area contributed by atoms with E-state index in [4.69, 9.17) is 23.2 Å². The summed E-state index contributed by atoms with van der Waals surface area (Å²) in [6.07, 6.45) is 4.39. The molecular weight excluding hydrogens is 435 g/mol. The number of hydrogen-bond donors (Lipinski definition) is 1. The first-order valence-electron chi connectivity index (χ1n) is 8.73. The van der Waals surface area contributed by atoms with Gasteiger partial charge in [0.1, 0.15) is 5.69 Å². The quantitative estimate of drug-likeness (QED) is 0.697. The predicted octanol–water partition coefficient (Wildman–Crippen LogP) is 1.65. The zero-order valence-electron chi connectivity index (χ0n) is 14.3. The van der Waals surface area contributed by atoms with E-state index in [1.54, 1.807) is 0 Å². The molecule has 0 saturated heterocycles. The van der Waals surface area contributed by atoms with E-state index in [0.717, 1.165) is 42.1 Å². The van der Waals surface area contributed by atoms with Crippen molar-refractivity contribution < 1.29 is 26.7 Å². The summed E-state index contributed by atoms with van der Waals surface area (Å²) in [4.78, 5) is 2.23. The number of benzene rings is 2. The van der Waals surface area contributed by atoms with Crippen LogP contribution in [0.5, 0.6) is 0 Å². The van der Waals surface area contributed by atoms with Crippen molar-refractivity contribution >= 4 is 34.7 Å². The third kappa shape index (κ3) is 3.53. The maximum atomic E-state index is 11.7. The fourth-order valence-electron chi connectivity index (χ4n) is 3.90. The van der Waals surface area contributed by atoms with E-state index in [0.29, 0.717) is 11.6 Å². The first kappa shape index (κ1) is 19.7. The molecule has 0 spiro atoms. The van der Waals surface area contributed by atoms with Gasteiger partial charge in [0.15, 0.2) is 6.54 Å². The molecule has 26 heavy (non-hydrogen) atoms. The second kappa shape index (κ2) is 7.89. The van der Waals surface area contributed by atoms with Gasteiger partial charge < -0.3 is 22.1 Å². The van der Waals surface area contributed by atoms with Crippen LogP contribution in [0.1, 0.15) is 31.2 Å². The molecule has 2 heterocycles. The van der Waals surface area contributed by atoms with Gasteiger partial charge in [-0.25, -0.2) is 9.48 Å². The van der Waals surface area contributed by atoms with Crippen LogP contribution < -0.4 is 21.9 Å². The molecule has 138 valence electrons. The van der Waals surface area contributed by atoms with Crippen molar-refractivity contribution in [3.63, 3.8) is 0 Å². The zero-order valence-corrected chi connectivity index (χ0v) is 17.4. The molecule has 2 aliphatic heterocycles. The molecule has 0 aromatic heterocycles. The van der Waals surface area contributed by atoms with E-state index in [2.05, 4.69) is 9.48 Å². The van der Waals surface area contributed by atoms with E-state index in [9.17, 15) is 5.11 Å². The summed E-state index contributed by atoms with van der Waals surface area (Å²) >= 11 is 12.1. The second-order valence-corrected chi connectivity index (χ2v) is 7.64. The topological polar surface area (TPSA) is 26.5 Å². The Balaban J connectivity index is 0.00000196. The fraction of sp³-hybridized carbons (Fsp3) is 0.350. The number of hydrogen-bond acceptors (Lipinski definition) is 2. The first-order valence-corrected chi connectivity index (χ1v) is 9.48. The highest BCUT2D eigenvalue weighted by molar-refractivity contribution is 6.30. The third-order valence-corrected chi connectivity index (χ3v) is 5.68. The van der Waals surface area contributed by atoms with Gasteiger partial charge in [-0.05, 0) is 55.7 Å². The van der Waals surface area contributed by atoms with Gasteiger partial charge in [0, 0.05) is 22.0 Å². The van der Waals surface area contributed by atoms with Crippen molar-refractivity contribution in [1.82, 2.24) is 0 Å². The van der Waals surface area contributed by atoms with Gasteiger partial charge >= 0.3 is 0 Å². The number of nitrogens with zero attached hydrogens (tertiary/aromatic N) is 2. The Labute approximate surface area is 174 Å². The van der Waals surface area contributed by atoms with Crippen LogP contribution in [-0.4, -0.2) is 28.6 Å². The molecule has 4 rings (SSSR count). The summed E-state index contributed by atoms with van der Waals surface area (Å²) in [5.41, 5.74) is 0.910. The zero-order chi connectivity index (χ0) is 17.4. The Morgan fingerprint density at radius 2 is 1.50 bits per heavy atom. The number of β-amino-alcohol motifs (C(OH)–C–C–N with tert-alkyl or cyclic N) is 1. The van der Waals surface area contributed by atoms with E-state index in [1.807, 2.05) is 48.5 Å². The molecule has 2 aromatic carbocycles. The molecule has 2 aliphatic rings. The summed E-state index contributed by atoms with van der Waals surface area (Å²) in [7, 11) is 0. The van der Waals surface area contributed by atoms with E-state index in [1.165, 1.54) is 12.3 Å². The SMILES string of the molecule is OC1(c2ccc(Cl)cc2)CN(c2ccc(Cl)cc2)C2=[N+]1CCCCC2.[Br-]. The van der Waals surface area contributed by atoms with Gasteiger partial charge in [-0.1, -0.05) is 35.3 Å². The lowest BCUT2D eigenvalue weighted by molar-refractivity contribution is -0.658. The van der Waals surface area contributed by atoms with Crippen LogP contribution in [0.4, 0.5) is 5.69 Å². The van der Waals surface area contributed by atoms with E-state index in [-0.39, 0.29) is 17.0 Å². The summed E-state index contributed by atoms with van der Waals surface area (Å²) < 4.78 is 2.18. The van der Waals surface area contributed by atoms with E-state index >= 15 is 0 Å². The highest BCUT2D eigenvalue weighted by Crippen LogP contribution is 2.36. The van der Waals surface area contributed by atoms with Crippen LogP contribution in [0.15, 0.2) is 48.5 Å². The molecule has 1 atom stereocenters. The minimum absolute atomic E-state index is 0. The van der Waals surface area contributed by atoms with Gasteiger partial charge in [0.05, 0.1) is 6.54 Å². The molecule has 0 fully saturated rings. The van der Waals surface area contributed by atoms with Gasteiger partial charge in [-0.2, -0.15) is 0 Å². The maximum absolute atomic E-state index is 11.7. The van der Waals surface area contributed by atoms with E-state index < -0.39 is 5.72 Å². The molecule has 0 radical (unpaired) electrons. The first-order chi connectivity index (χ1) is 12.1. The summed E-state index contributed by atoms with van der Waals surface area (Å²) in [6, 6.07) is 15.4. The van der Waals surface area contributed by atoms with Crippen LogP contribution in [0, 0.1) is 0 Å². The Morgan fingerprint density at radius 3 is 2.15 bits per heavy atom. The van der Waals surface area contributed by atoms with Crippen LogP contribution in [0.2, 0.25) is 10.0 Å². The van der Waals surface area contributed by atoms with Crippen LogP contribution in [0.25, 0.3) is 0 Å². The third-order valence-electron chi connectivity index (χ3n) is 5.18. The van der Waals surface area contributed by atoms with Crippen molar-refractivity contribution in [2.75, 3.05) is 18.0 Å². The molecule has 0 aliphatic carbocycles. The minimum atomic E-state index is -1.04. The monoisotopic (exact) mass is 454 g/mol. The lowest BCUT2D eigenvalue weighted by Crippen LogP contribution is -3.00. The molecule has 1 N–H and O–H groups in total. The molecule has 3 nitrogen and oxygen atoms in total. The molecule has 0 bridgehead atoms. The summed E-state index contributed by atoms with van der Waals surface area (Å²) in [5.74, 6) is 1.19. The Hall–Kier alpha value is -1.07. The molecule has 0 saturated carbocycles. The Morgan fingerprint density at radius 1 is 0.885 bits per heavy atom. The standard InChI is InChI=1S/C20H21Cl2N2O.BrH/c21-16-7-5-15(6-8-16)20(25)14-23(18-11-9-17(22)10-12-18)19-4-2-1-3-13-24(19)20;/h5-12,25H,1-4,13-14H2;1H/q+1;/p-1. The number of rotatable bonds is 2. The lowest BCUT2D eigenvalue weighted by atomic mass is 10.0. The van der Waals surface area contributed by atoms with Crippen molar-refractivity contribution in [3.05, 3.63) is 64.1 Å². The minimum Gasteiger partial charge on any atom is -1.00 e. The van der Waals surface area contributed by atoms with Gasteiger partial charge in [-0.15, -0.1) is 0 Å². The van der Waals surface area contributed by atoms with Gasteiger partial charge in [0.25, 0.3) is 11.6 Å². The normalized spacial score (nSPS) is 22.7. The molecule has 2 aromatic rings. The number of amidine groups is 1. The number of halogens is 3. The molecule has 0 amide bonds. The number of aliphatic hydroxyl groups is 1. The van der Waals surface area contributed by atoms with Crippen molar-refractivity contribution in [3.8, 4) is 0 Å². The largest absolute Gasteiger partial charge is 1.00 e. The van der Waals surface area contributed by atoms with Crippen LogP contribution in [-0.2, 0) is 5.72 Å². The van der Waals surface area contributed by atoms with Gasteiger partial charge in [-0.3, -0.25) is 0 Å². The summed E-state index contributed by atoms with van der Waals surface area (Å²) in [6.45, 7) is 1.37. The fourth-order valence-corrected chi connectivity index (χ4v) is 4.15. The average molecular weight is 456 g/mol. The Kier molecular flexibility index (Phi) is 5.97. The average Bonchev–Trinajstić information content (AvgIpc) is 2.78. The molecule has 6 heteroatoms. The second-order valence-electron chi connectivity index (χ2n) is 6.76. The Bertz CT molecular complexity index is 808. The smallest absolute Gasteiger partial charge is 0.271 e. The molecular formula is C20H21BrCl2N2O. The van der Waals surface area contributed by atoms with Crippen molar-refractivity contribution in [2.24, 2.45) is 0 Å². The van der Waals surface area contributed by atoms with Gasteiger partial charge in [0.2, 0.25) is 0 Å². The predicted molar refractivity (Wildman–Crippen MR) is 103 cm³/mol.